The summed E-state index contributed by atoms with van der Waals surface area (Å²) < 4.78 is 8.25. The molecule has 0 radical (unpaired) electrons. The second-order valence-corrected chi connectivity index (χ2v) is 7.62. The van der Waals surface area contributed by atoms with Crippen LogP contribution in [0, 0.1) is 10.6 Å². The van der Waals surface area contributed by atoms with E-state index in [1.165, 1.54) is 0 Å². The highest BCUT2D eigenvalue weighted by Gasteiger charge is 2.36. The number of likely N-dealkylation sites (tertiary alicyclic amines) is 1. The Morgan fingerprint density at radius 3 is 2.68 bits per heavy atom. The Morgan fingerprint density at radius 1 is 1.36 bits per heavy atom. The van der Waals surface area contributed by atoms with E-state index >= 15 is 0 Å². The van der Waals surface area contributed by atoms with Crippen molar-refractivity contribution in [3.8, 4) is 0 Å². The first-order valence-corrected chi connectivity index (χ1v) is 8.32. The fourth-order valence-electron chi connectivity index (χ4n) is 2.41. The van der Waals surface area contributed by atoms with Gasteiger partial charge in [-0.15, -0.1) is 0 Å². The zero-order valence-corrected chi connectivity index (χ0v) is 15.3. The molecule has 2 aromatic rings. The minimum absolute atomic E-state index is 0.160. The maximum atomic E-state index is 12.0. The van der Waals surface area contributed by atoms with Crippen molar-refractivity contribution >= 4 is 39.7 Å². The number of amides is 1. The fraction of sp³-hybridized carbons (Fsp3) is 0.533. The van der Waals surface area contributed by atoms with Crippen LogP contribution in [-0.4, -0.2) is 44.4 Å². The Hall–Kier alpha value is -1.38. The summed E-state index contributed by atoms with van der Waals surface area (Å²) >= 11 is 2.22. The molecule has 0 bridgehead atoms. The van der Waals surface area contributed by atoms with Gasteiger partial charge in [-0.3, -0.25) is 0 Å². The molecule has 1 fully saturated rings. The van der Waals surface area contributed by atoms with Crippen molar-refractivity contribution in [1.82, 2.24) is 19.7 Å². The standard InChI is InChI=1S/C15H19IN4O2/c1-9-5-6-11-12(16)18-20(13(11)17-9)10-7-19(8-10)14(21)22-15(2,3)4/h5-6,10H,7-8H2,1-4H3. The molecule has 0 aliphatic carbocycles. The van der Waals surface area contributed by atoms with Crippen LogP contribution < -0.4 is 0 Å². The van der Waals surface area contributed by atoms with Gasteiger partial charge in [0.2, 0.25) is 0 Å². The Kier molecular flexibility index (Phi) is 3.78. The number of hydrogen-bond acceptors (Lipinski definition) is 4. The number of hydrogen-bond donors (Lipinski definition) is 0. The van der Waals surface area contributed by atoms with Crippen LogP contribution in [0.5, 0.6) is 0 Å². The molecule has 1 amide bonds. The highest BCUT2D eigenvalue weighted by atomic mass is 127. The van der Waals surface area contributed by atoms with E-state index in [1.807, 2.05) is 44.5 Å². The van der Waals surface area contributed by atoms with Crippen LogP contribution in [-0.2, 0) is 4.74 Å². The highest BCUT2D eigenvalue weighted by molar-refractivity contribution is 14.1. The van der Waals surface area contributed by atoms with E-state index in [9.17, 15) is 4.79 Å². The van der Waals surface area contributed by atoms with Crippen molar-refractivity contribution < 1.29 is 9.53 Å². The van der Waals surface area contributed by atoms with E-state index in [-0.39, 0.29) is 12.1 Å². The van der Waals surface area contributed by atoms with Gasteiger partial charge < -0.3 is 9.64 Å². The van der Waals surface area contributed by atoms with Crippen molar-refractivity contribution in [1.29, 1.82) is 0 Å². The zero-order chi connectivity index (χ0) is 16.1. The van der Waals surface area contributed by atoms with E-state index in [4.69, 9.17) is 4.74 Å². The summed E-state index contributed by atoms with van der Waals surface area (Å²) in [6.45, 7) is 8.81. The lowest BCUT2D eigenvalue weighted by Crippen LogP contribution is -2.52. The first-order chi connectivity index (χ1) is 10.2. The molecule has 0 saturated carbocycles. The molecule has 0 spiro atoms. The lowest BCUT2D eigenvalue weighted by molar-refractivity contribution is 0.0000421. The van der Waals surface area contributed by atoms with Gasteiger partial charge in [-0.25, -0.2) is 14.5 Å². The number of aryl methyl sites for hydroxylation is 1. The average molecular weight is 414 g/mol. The number of pyridine rings is 1. The van der Waals surface area contributed by atoms with Crippen LogP contribution in [0.2, 0.25) is 0 Å². The maximum absolute atomic E-state index is 12.0. The third-order valence-corrected chi connectivity index (χ3v) is 4.31. The van der Waals surface area contributed by atoms with Crippen molar-refractivity contribution in [3.05, 3.63) is 21.5 Å². The van der Waals surface area contributed by atoms with E-state index < -0.39 is 5.60 Å². The van der Waals surface area contributed by atoms with Crippen LogP contribution in [0.1, 0.15) is 32.5 Å². The second kappa shape index (κ2) is 5.36. The van der Waals surface area contributed by atoms with Gasteiger partial charge in [-0.2, -0.15) is 5.10 Å². The Labute approximate surface area is 143 Å². The molecule has 0 atom stereocenters. The third kappa shape index (κ3) is 2.90. The molecule has 118 valence electrons. The SMILES string of the molecule is Cc1ccc2c(I)nn(C3CN(C(=O)OC(C)(C)C)C3)c2n1. The van der Waals surface area contributed by atoms with E-state index in [2.05, 4.69) is 32.7 Å². The van der Waals surface area contributed by atoms with Gasteiger partial charge in [0.05, 0.1) is 11.4 Å². The molecule has 6 nitrogen and oxygen atoms in total. The quantitative estimate of drug-likeness (QED) is 0.673. The number of halogens is 1. The van der Waals surface area contributed by atoms with Crippen molar-refractivity contribution in [2.45, 2.75) is 39.3 Å². The number of carbonyl (C=O) groups is 1. The molecule has 22 heavy (non-hydrogen) atoms. The van der Waals surface area contributed by atoms with Gasteiger partial charge in [0.1, 0.15) is 9.30 Å². The van der Waals surface area contributed by atoms with Gasteiger partial charge in [-0.1, -0.05) is 0 Å². The molecule has 0 aromatic carbocycles. The number of fused-ring (bicyclic) bond motifs is 1. The highest BCUT2D eigenvalue weighted by Crippen LogP contribution is 2.28. The van der Waals surface area contributed by atoms with Gasteiger partial charge in [-0.05, 0) is 62.4 Å². The average Bonchev–Trinajstić information content (AvgIpc) is 2.62. The topological polar surface area (TPSA) is 60.2 Å². The minimum Gasteiger partial charge on any atom is -0.444 e. The summed E-state index contributed by atoms with van der Waals surface area (Å²) in [5.74, 6) is 0. The zero-order valence-electron chi connectivity index (χ0n) is 13.1. The maximum Gasteiger partial charge on any atom is 0.410 e. The van der Waals surface area contributed by atoms with Gasteiger partial charge in [0.25, 0.3) is 0 Å². The predicted molar refractivity (Wildman–Crippen MR) is 91.8 cm³/mol. The van der Waals surface area contributed by atoms with Crippen molar-refractivity contribution in [3.63, 3.8) is 0 Å². The molecule has 1 aliphatic heterocycles. The summed E-state index contributed by atoms with van der Waals surface area (Å²) in [7, 11) is 0. The molecule has 1 saturated heterocycles. The van der Waals surface area contributed by atoms with Crippen LogP contribution >= 0.6 is 22.6 Å². The molecule has 3 rings (SSSR count). The lowest BCUT2D eigenvalue weighted by atomic mass is 10.1. The lowest BCUT2D eigenvalue weighted by Gasteiger charge is -2.39. The molecule has 1 aliphatic rings. The van der Waals surface area contributed by atoms with Crippen molar-refractivity contribution in [2.75, 3.05) is 13.1 Å². The van der Waals surface area contributed by atoms with Gasteiger partial charge in [0.15, 0.2) is 5.65 Å². The molecule has 7 heteroatoms. The minimum atomic E-state index is -0.464. The number of carbonyl (C=O) groups excluding carboxylic acids is 1. The summed E-state index contributed by atoms with van der Waals surface area (Å²) in [6.07, 6.45) is -0.265. The normalized spacial score (nSPS) is 16.0. The Balaban J connectivity index is 1.76. The molecular formula is C15H19IN4O2. The monoisotopic (exact) mass is 414 g/mol. The molecule has 2 aromatic heterocycles. The van der Waals surface area contributed by atoms with E-state index in [0.717, 1.165) is 20.4 Å². The van der Waals surface area contributed by atoms with E-state index in [0.29, 0.717) is 13.1 Å². The number of nitrogens with zero attached hydrogens (tertiary/aromatic N) is 4. The van der Waals surface area contributed by atoms with Crippen LogP contribution in [0.15, 0.2) is 12.1 Å². The first kappa shape index (κ1) is 15.5. The summed E-state index contributed by atoms with van der Waals surface area (Å²) in [5.41, 5.74) is 1.39. The van der Waals surface area contributed by atoms with Crippen LogP contribution in [0.4, 0.5) is 4.79 Å². The fourth-order valence-corrected chi connectivity index (χ4v) is 3.07. The third-order valence-electron chi connectivity index (χ3n) is 3.51. The number of rotatable bonds is 1. The summed E-state index contributed by atoms with van der Waals surface area (Å²) in [5, 5.41) is 5.64. The molecule has 0 unspecified atom stereocenters. The Morgan fingerprint density at radius 2 is 2.05 bits per heavy atom. The van der Waals surface area contributed by atoms with Crippen molar-refractivity contribution in [2.24, 2.45) is 0 Å². The number of aromatic nitrogens is 3. The first-order valence-electron chi connectivity index (χ1n) is 7.24. The van der Waals surface area contributed by atoms with Gasteiger partial charge in [0, 0.05) is 18.8 Å². The predicted octanol–water partition coefficient (Wildman–Crippen LogP) is 3.14. The summed E-state index contributed by atoms with van der Waals surface area (Å²) in [4.78, 5) is 18.3. The summed E-state index contributed by atoms with van der Waals surface area (Å²) in [6, 6.07) is 4.20. The number of ether oxygens (including phenoxy) is 1. The largest absolute Gasteiger partial charge is 0.444 e. The molecule has 0 N–H and O–H groups in total. The molecule has 3 heterocycles. The smallest absolute Gasteiger partial charge is 0.410 e. The van der Waals surface area contributed by atoms with E-state index in [1.54, 1.807) is 4.90 Å². The molecular weight excluding hydrogens is 395 g/mol. The Bertz CT molecular complexity index is 729. The van der Waals surface area contributed by atoms with Crippen LogP contribution in [0.25, 0.3) is 11.0 Å². The second-order valence-electron chi connectivity index (χ2n) is 6.60. The van der Waals surface area contributed by atoms with Crippen LogP contribution in [0.3, 0.4) is 0 Å². The van der Waals surface area contributed by atoms with Gasteiger partial charge >= 0.3 is 6.09 Å².